The lowest BCUT2D eigenvalue weighted by Gasteiger charge is -2.19. The van der Waals surface area contributed by atoms with E-state index < -0.39 is 30.4 Å². The molecule has 2 aromatic carbocycles. The van der Waals surface area contributed by atoms with Crippen molar-refractivity contribution in [3.8, 4) is 0 Å². The average Bonchev–Trinajstić information content (AvgIpc) is 2.92. The van der Waals surface area contributed by atoms with Gasteiger partial charge < -0.3 is 4.74 Å². The van der Waals surface area contributed by atoms with Crippen LogP contribution in [0.2, 0.25) is 0 Å². The molecule has 2 aromatic rings. The van der Waals surface area contributed by atoms with Gasteiger partial charge in [0.25, 0.3) is 11.8 Å². The van der Waals surface area contributed by atoms with Crippen LogP contribution in [0.5, 0.6) is 0 Å². The van der Waals surface area contributed by atoms with Gasteiger partial charge in [0.1, 0.15) is 6.54 Å². The molecule has 29 heavy (non-hydrogen) atoms. The van der Waals surface area contributed by atoms with Gasteiger partial charge in [0.15, 0.2) is 6.10 Å². The fourth-order valence-corrected chi connectivity index (χ4v) is 3.17. The summed E-state index contributed by atoms with van der Waals surface area (Å²) in [6, 6.07) is 13.5. The van der Waals surface area contributed by atoms with Crippen molar-refractivity contribution < 1.29 is 23.9 Å². The lowest BCUT2D eigenvalue weighted by atomic mass is 9.86. The van der Waals surface area contributed by atoms with Crippen molar-refractivity contribution in [1.82, 2.24) is 4.90 Å². The third-order valence-corrected chi connectivity index (χ3v) is 4.88. The highest BCUT2D eigenvalue weighted by molar-refractivity contribution is 6.22. The molecule has 2 amide bonds. The highest BCUT2D eigenvalue weighted by Gasteiger charge is 2.37. The molecule has 0 N–H and O–H groups in total. The van der Waals surface area contributed by atoms with E-state index in [0.29, 0.717) is 5.56 Å². The SMILES string of the molecule is C[C@H](OC(=O)CN1C(=O)c2ccccc2C1=O)C(=O)c1ccc(C(C)(C)C)cc1. The molecular formula is C23H23NO5. The van der Waals surface area contributed by atoms with Gasteiger partial charge in [-0.1, -0.05) is 57.2 Å². The molecule has 0 bridgehead atoms. The van der Waals surface area contributed by atoms with Crippen LogP contribution in [-0.2, 0) is 14.9 Å². The predicted octanol–water partition coefficient (Wildman–Crippen LogP) is 3.39. The smallest absolute Gasteiger partial charge is 0.326 e. The van der Waals surface area contributed by atoms with Crippen molar-refractivity contribution in [2.45, 2.75) is 39.2 Å². The zero-order valence-corrected chi connectivity index (χ0v) is 16.9. The summed E-state index contributed by atoms with van der Waals surface area (Å²) in [5, 5.41) is 0. The van der Waals surface area contributed by atoms with Gasteiger partial charge in [-0.2, -0.15) is 0 Å². The Kier molecular flexibility index (Phi) is 5.38. The first kappa shape index (κ1) is 20.5. The van der Waals surface area contributed by atoms with E-state index in [2.05, 4.69) is 20.8 Å². The Balaban J connectivity index is 1.63. The van der Waals surface area contributed by atoms with E-state index >= 15 is 0 Å². The van der Waals surface area contributed by atoms with Crippen LogP contribution in [0.3, 0.4) is 0 Å². The van der Waals surface area contributed by atoms with E-state index in [-0.39, 0.29) is 22.3 Å². The fraction of sp³-hybridized carbons (Fsp3) is 0.304. The largest absolute Gasteiger partial charge is 0.453 e. The Hall–Kier alpha value is -3.28. The number of ketones is 1. The van der Waals surface area contributed by atoms with Crippen molar-refractivity contribution in [2.24, 2.45) is 0 Å². The predicted molar refractivity (Wildman–Crippen MR) is 107 cm³/mol. The molecule has 0 spiro atoms. The maximum absolute atomic E-state index is 12.6. The van der Waals surface area contributed by atoms with Crippen molar-refractivity contribution in [1.29, 1.82) is 0 Å². The number of benzene rings is 2. The zero-order valence-electron chi connectivity index (χ0n) is 16.9. The Labute approximate surface area is 169 Å². The first-order chi connectivity index (χ1) is 13.6. The van der Waals surface area contributed by atoms with E-state index in [1.54, 1.807) is 24.3 Å². The van der Waals surface area contributed by atoms with Gasteiger partial charge in [0.2, 0.25) is 5.78 Å². The third-order valence-electron chi connectivity index (χ3n) is 4.88. The second kappa shape index (κ2) is 7.62. The summed E-state index contributed by atoms with van der Waals surface area (Å²) in [5.41, 5.74) is 2.00. The number of hydrogen-bond acceptors (Lipinski definition) is 5. The average molecular weight is 393 g/mol. The number of nitrogens with zero attached hydrogens (tertiary/aromatic N) is 1. The normalized spacial score (nSPS) is 14.6. The summed E-state index contributed by atoms with van der Waals surface area (Å²) in [6.45, 7) is 7.17. The summed E-state index contributed by atoms with van der Waals surface area (Å²) in [4.78, 5) is 50.3. The topological polar surface area (TPSA) is 80.8 Å². The van der Waals surface area contributed by atoms with Crippen LogP contribution in [0.4, 0.5) is 0 Å². The van der Waals surface area contributed by atoms with Crippen LogP contribution >= 0.6 is 0 Å². The second-order valence-electron chi connectivity index (χ2n) is 8.07. The summed E-state index contributed by atoms with van der Waals surface area (Å²) < 4.78 is 5.19. The van der Waals surface area contributed by atoms with Gasteiger partial charge in [0, 0.05) is 5.56 Å². The number of carbonyl (C=O) groups excluding carboxylic acids is 4. The molecule has 0 fully saturated rings. The van der Waals surface area contributed by atoms with Crippen LogP contribution in [-0.4, -0.2) is 41.1 Å². The molecule has 0 radical (unpaired) electrons. The standard InChI is InChI=1S/C23H23NO5/c1-14(20(26)15-9-11-16(12-10-15)23(2,3)4)29-19(25)13-24-21(27)17-7-5-6-8-18(17)22(24)28/h5-12,14H,13H2,1-4H3/t14-/m0/s1. The number of imide groups is 1. The number of fused-ring (bicyclic) bond motifs is 1. The molecule has 150 valence electrons. The second-order valence-corrected chi connectivity index (χ2v) is 8.07. The summed E-state index contributed by atoms with van der Waals surface area (Å²) >= 11 is 0. The Morgan fingerprint density at radius 2 is 1.45 bits per heavy atom. The lowest BCUT2D eigenvalue weighted by Crippen LogP contribution is -2.37. The maximum atomic E-state index is 12.6. The molecule has 1 aliphatic rings. The van der Waals surface area contributed by atoms with E-state index in [4.69, 9.17) is 4.74 Å². The summed E-state index contributed by atoms with van der Waals surface area (Å²) in [5.74, 6) is -2.24. The molecule has 1 heterocycles. The van der Waals surface area contributed by atoms with Gasteiger partial charge >= 0.3 is 5.97 Å². The van der Waals surface area contributed by atoms with Crippen LogP contribution in [0.1, 0.15) is 64.3 Å². The van der Waals surface area contributed by atoms with E-state index in [0.717, 1.165) is 10.5 Å². The highest BCUT2D eigenvalue weighted by atomic mass is 16.5. The number of amides is 2. The zero-order chi connectivity index (χ0) is 21.3. The van der Waals surface area contributed by atoms with Crippen molar-refractivity contribution in [3.63, 3.8) is 0 Å². The Morgan fingerprint density at radius 3 is 1.93 bits per heavy atom. The van der Waals surface area contributed by atoms with E-state index in [9.17, 15) is 19.2 Å². The molecule has 3 rings (SSSR count). The molecule has 0 aliphatic carbocycles. The highest BCUT2D eigenvalue weighted by Crippen LogP contribution is 2.24. The molecular weight excluding hydrogens is 370 g/mol. The number of Topliss-reactive ketones (excluding diaryl/α,β-unsaturated/α-hetero) is 1. The number of hydrogen-bond donors (Lipinski definition) is 0. The monoisotopic (exact) mass is 393 g/mol. The Bertz CT molecular complexity index is 950. The molecule has 6 nitrogen and oxygen atoms in total. The molecule has 1 aliphatic heterocycles. The first-order valence-corrected chi connectivity index (χ1v) is 9.39. The quantitative estimate of drug-likeness (QED) is 0.442. The minimum absolute atomic E-state index is 0.0357. The third kappa shape index (κ3) is 4.11. The number of ether oxygens (including phenoxy) is 1. The van der Waals surface area contributed by atoms with Crippen molar-refractivity contribution >= 4 is 23.6 Å². The first-order valence-electron chi connectivity index (χ1n) is 9.39. The van der Waals surface area contributed by atoms with E-state index in [1.165, 1.54) is 19.1 Å². The Morgan fingerprint density at radius 1 is 0.931 bits per heavy atom. The lowest BCUT2D eigenvalue weighted by molar-refractivity contribution is -0.146. The molecule has 0 saturated carbocycles. The van der Waals surface area contributed by atoms with Gasteiger partial charge in [-0.05, 0) is 30.0 Å². The van der Waals surface area contributed by atoms with Gasteiger partial charge in [-0.15, -0.1) is 0 Å². The van der Waals surface area contributed by atoms with Crippen LogP contribution < -0.4 is 0 Å². The number of esters is 1. The van der Waals surface area contributed by atoms with Gasteiger partial charge in [0.05, 0.1) is 11.1 Å². The van der Waals surface area contributed by atoms with Crippen molar-refractivity contribution in [3.05, 3.63) is 70.8 Å². The maximum Gasteiger partial charge on any atom is 0.326 e. The van der Waals surface area contributed by atoms with Gasteiger partial charge in [-0.3, -0.25) is 24.1 Å². The van der Waals surface area contributed by atoms with Gasteiger partial charge in [-0.25, -0.2) is 0 Å². The van der Waals surface area contributed by atoms with E-state index in [1.807, 2.05) is 12.1 Å². The molecule has 6 heteroatoms. The van der Waals surface area contributed by atoms with Crippen LogP contribution in [0.25, 0.3) is 0 Å². The molecule has 1 atom stereocenters. The minimum Gasteiger partial charge on any atom is -0.453 e. The molecule has 0 unspecified atom stereocenters. The van der Waals surface area contributed by atoms with Crippen LogP contribution in [0.15, 0.2) is 48.5 Å². The number of carbonyl (C=O) groups is 4. The number of rotatable bonds is 5. The summed E-state index contributed by atoms with van der Waals surface area (Å²) in [6.07, 6.45) is -1.03. The molecule has 0 saturated heterocycles. The van der Waals surface area contributed by atoms with Crippen molar-refractivity contribution in [2.75, 3.05) is 6.54 Å². The molecule has 0 aromatic heterocycles. The minimum atomic E-state index is -1.03. The summed E-state index contributed by atoms with van der Waals surface area (Å²) in [7, 11) is 0. The fourth-order valence-electron chi connectivity index (χ4n) is 3.17. The van der Waals surface area contributed by atoms with Crippen LogP contribution in [0, 0.1) is 0 Å².